The van der Waals surface area contributed by atoms with Gasteiger partial charge in [0.2, 0.25) is 10.0 Å². The molecule has 18 heavy (non-hydrogen) atoms. The zero-order chi connectivity index (χ0) is 13.3. The highest BCUT2D eigenvalue weighted by molar-refractivity contribution is 7.89. The van der Waals surface area contributed by atoms with Gasteiger partial charge in [-0.15, -0.1) is 0 Å². The molecule has 1 aromatic rings. The van der Waals surface area contributed by atoms with Crippen LogP contribution in [0.15, 0.2) is 23.4 Å². The Morgan fingerprint density at radius 1 is 1.44 bits per heavy atom. The van der Waals surface area contributed by atoms with Crippen molar-refractivity contribution in [3.05, 3.63) is 24.3 Å². The maximum Gasteiger partial charge on any atom is 0.245 e. The molecule has 0 radical (unpaired) electrons. The first-order valence-electron chi connectivity index (χ1n) is 5.77. The quantitative estimate of drug-likeness (QED) is 0.857. The summed E-state index contributed by atoms with van der Waals surface area (Å²) in [6.45, 7) is 4.70. The van der Waals surface area contributed by atoms with Crippen molar-refractivity contribution in [2.45, 2.75) is 30.8 Å². The minimum atomic E-state index is -3.68. The molecule has 7 heteroatoms. The molecule has 2 heterocycles. The molecule has 100 valence electrons. The van der Waals surface area contributed by atoms with Gasteiger partial charge in [-0.2, -0.15) is 4.31 Å². The third kappa shape index (κ3) is 2.52. The van der Waals surface area contributed by atoms with E-state index in [2.05, 4.69) is 10.3 Å². The van der Waals surface area contributed by atoms with Crippen LogP contribution in [0.1, 0.15) is 13.8 Å². The smallest absolute Gasteiger partial charge is 0.245 e. The second-order valence-corrected chi connectivity index (χ2v) is 6.46. The lowest BCUT2D eigenvalue weighted by molar-refractivity contribution is 0.244. The van der Waals surface area contributed by atoms with Gasteiger partial charge >= 0.3 is 0 Å². The summed E-state index contributed by atoms with van der Waals surface area (Å²) >= 11 is 0. The number of hydrogen-bond donors (Lipinski definition) is 1. The lowest BCUT2D eigenvalue weighted by Gasteiger charge is -2.36. The average Bonchev–Trinajstić information content (AvgIpc) is 2.32. The van der Waals surface area contributed by atoms with Gasteiger partial charge in [0, 0.05) is 31.4 Å². The van der Waals surface area contributed by atoms with Crippen LogP contribution < -0.4 is 5.32 Å². The first kappa shape index (κ1) is 13.4. The van der Waals surface area contributed by atoms with E-state index in [1.807, 2.05) is 13.8 Å². The molecule has 5 nitrogen and oxygen atoms in total. The fourth-order valence-corrected chi connectivity index (χ4v) is 3.69. The maximum atomic E-state index is 13.1. The Kier molecular flexibility index (Phi) is 3.65. The molecular weight excluding hydrogens is 257 g/mol. The summed E-state index contributed by atoms with van der Waals surface area (Å²) < 4.78 is 39.2. The van der Waals surface area contributed by atoms with Crippen molar-refractivity contribution < 1.29 is 12.8 Å². The first-order chi connectivity index (χ1) is 8.41. The van der Waals surface area contributed by atoms with E-state index in [9.17, 15) is 12.8 Å². The Labute approximate surface area is 106 Å². The number of sulfonamides is 1. The SMILES string of the molecule is CC1CN(S(=O)(=O)c2cncc(F)c2)C(C)CN1. The summed E-state index contributed by atoms with van der Waals surface area (Å²) in [6.07, 6.45) is 2.17. The number of nitrogens with zero attached hydrogens (tertiary/aromatic N) is 2. The van der Waals surface area contributed by atoms with Gasteiger partial charge in [0.25, 0.3) is 0 Å². The highest BCUT2D eigenvalue weighted by Gasteiger charge is 2.33. The van der Waals surface area contributed by atoms with E-state index in [4.69, 9.17) is 0 Å². The maximum absolute atomic E-state index is 13.1. The van der Waals surface area contributed by atoms with Gasteiger partial charge in [0.05, 0.1) is 6.20 Å². The van der Waals surface area contributed by atoms with Crippen molar-refractivity contribution in [2.75, 3.05) is 13.1 Å². The van der Waals surface area contributed by atoms with Crippen LogP contribution in [-0.2, 0) is 10.0 Å². The fourth-order valence-electron chi connectivity index (χ4n) is 1.99. The van der Waals surface area contributed by atoms with E-state index in [1.165, 1.54) is 10.5 Å². The highest BCUT2D eigenvalue weighted by Crippen LogP contribution is 2.20. The fraction of sp³-hybridized carbons (Fsp3) is 0.545. The summed E-state index contributed by atoms with van der Waals surface area (Å²) in [5, 5.41) is 3.20. The van der Waals surface area contributed by atoms with Gasteiger partial charge in [-0.3, -0.25) is 4.98 Å². The van der Waals surface area contributed by atoms with Gasteiger partial charge in [-0.25, -0.2) is 12.8 Å². The van der Waals surface area contributed by atoms with E-state index in [-0.39, 0.29) is 17.0 Å². The zero-order valence-corrected chi connectivity index (χ0v) is 11.1. The van der Waals surface area contributed by atoms with Crippen LogP contribution in [0.25, 0.3) is 0 Å². The summed E-state index contributed by atoms with van der Waals surface area (Å²) in [6, 6.07) is 0.925. The van der Waals surface area contributed by atoms with E-state index in [0.717, 1.165) is 12.3 Å². The molecule has 1 fully saturated rings. The van der Waals surface area contributed by atoms with Gasteiger partial charge in [0.15, 0.2) is 0 Å². The minimum Gasteiger partial charge on any atom is -0.311 e. The molecule has 0 bridgehead atoms. The van der Waals surface area contributed by atoms with Crippen LogP contribution in [0.3, 0.4) is 0 Å². The molecule has 2 unspecified atom stereocenters. The van der Waals surface area contributed by atoms with Crippen LogP contribution in [0.2, 0.25) is 0 Å². The number of rotatable bonds is 2. The molecule has 2 atom stereocenters. The first-order valence-corrected chi connectivity index (χ1v) is 7.21. The molecule has 1 aliphatic rings. The monoisotopic (exact) mass is 273 g/mol. The Morgan fingerprint density at radius 2 is 2.17 bits per heavy atom. The predicted octanol–water partition coefficient (Wildman–Crippen LogP) is 0.592. The summed E-state index contributed by atoms with van der Waals surface area (Å²) in [5.74, 6) is -0.646. The summed E-state index contributed by atoms with van der Waals surface area (Å²) in [5.41, 5.74) is 0. The Morgan fingerprint density at radius 3 is 2.83 bits per heavy atom. The number of halogens is 1. The minimum absolute atomic E-state index is 0.0810. The Bertz CT molecular complexity index is 535. The standard InChI is InChI=1S/C11H16FN3O2S/c1-8-7-15(9(2)4-14-8)18(16,17)11-3-10(12)5-13-6-11/h3,5-6,8-9,14H,4,7H2,1-2H3. The molecule has 2 rings (SSSR count). The van der Waals surface area contributed by atoms with Crippen molar-refractivity contribution in [1.29, 1.82) is 0 Å². The highest BCUT2D eigenvalue weighted by atomic mass is 32.2. The number of aromatic nitrogens is 1. The second kappa shape index (κ2) is 4.91. The van der Waals surface area contributed by atoms with Gasteiger partial charge in [-0.1, -0.05) is 0 Å². The van der Waals surface area contributed by atoms with E-state index >= 15 is 0 Å². The van der Waals surface area contributed by atoms with E-state index in [0.29, 0.717) is 13.1 Å². The van der Waals surface area contributed by atoms with Gasteiger partial charge in [0.1, 0.15) is 10.7 Å². The molecule has 0 saturated carbocycles. The van der Waals surface area contributed by atoms with Crippen molar-refractivity contribution in [1.82, 2.24) is 14.6 Å². The number of hydrogen-bond acceptors (Lipinski definition) is 4. The van der Waals surface area contributed by atoms with Crippen LogP contribution >= 0.6 is 0 Å². The molecule has 0 aromatic carbocycles. The molecule has 0 spiro atoms. The van der Waals surface area contributed by atoms with Crippen molar-refractivity contribution in [3.8, 4) is 0 Å². The molecule has 1 aromatic heterocycles. The van der Waals surface area contributed by atoms with Crippen LogP contribution in [0, 0.1) is 5.82 Å². The van der Waals surface area contributed by atoms with Crippen LogP contribution in [0.5, 0.6) is 0 Å². The molecule has 1 saturated heterocycles. The molecular formula is C11H16FN3O2S. The number of nitrogens with one attached hydrogen (secondary N) is 1. The molecule has 1 aliphatic heterocycles. The van der Waals surface area contributed by atoms with Gasteiger partial charge < -0.3 is 5.32 Å². The summed E-state index contributed by atoms with van der Waals surface area (Å²) in [7, 11) is -3.68. The summed E-state index contributed by atoms with van der Waals surface area (Å²) in [4.78, 5) is 3.50. The number of pyridine rings is 1. The van der Waals surface area contributed by atoms with Crippen molar-refractivity contribution >= 4 is 10.0 Å². The lowest BCUT2D eigenvalue weighted by atomic mass is 10.2. The van der Waals surface area contributed by atoms with Gasteiger partial charge in [-0.05, 0) is 19.9 Å². The lowest BCUT2D eigenvalue weighted by Crippen LogP contribution is -2.56. The molecule has 1 N–H and O–H groups in total. The zero-order valence-electron chi connectivity index (χ0n) is 10.3. The topological polar surface area (TPSA) is 62.3 Å². The van der Waals surface area contributed by atoms with Crippen molar-refractivity contribution in [3.63, 3.8) is 0 Å². The van der Waals surface area contributed by atoms with E-state index < -0.39 is 15.8 Å². The van der Waals surface area contributed by atoms with Crippen LogP contribution in [-0.4, -0.2) is 42.9 Å². The third-order valence-corrected chi connectivity index (χ3v) is 4.94. The molecule has 0 aliphatic carbocycles. The number of piperazine rings is 1. The Hall–Kier alpha value is -1.05. The Balaban J connectivity index is 2.35. The predicted molar refractivity (Wildman–Crippen MR) is 65.0 cm³/mol. The largest absolute Gasteiger partial charge is 0.311 e. The van der Waals surface area contributed by atoms with Crippen LogP contribution in [0.4, 0.5) is 4.39 Å². The third-order valence-electron chi connectivity index (χ3n) is 2.99. The van der Waals surface area contributed by atoms with Crippen molar-refractivity contribution in [2.24, 2.45) is 0 Å². The second-order valence-electron chi connectivity index (χ2n) is 4.57. The average molecular weight is 273 g/mol. The normalized spacial score (nSPS) is 26.2. The molecule has 0 amide bonds. The van der Waals surface area contributed by atoms with E-state index in [1.54, 1.807) is 0 Å².